The molecule has 1 amide bonds. The third-order valence-electron chi connectivity index (χ3n) is 3.07. The van der Waals surface area contributed by atoms with E-state index in [9.17, 15) is 4.79 Å². The van der Waals surface area contributed by atoms with Crippen LogP contribution in [0.25, 0.3) is 10.4 Å². The van der Waals surface area contributed by atoms with Crippen LogP contribution in [0.1, 0.15) is 10.4 Å². The van der Waals surface area contributed by atoms with E-state index >= 15 is 0 Å². The van der Waals surface area contributed by atoms with E-state index in [4.69, 9.17) is 10.8 Å². The fraction of sp³-hybridized carbons (Fsp3) is 0.267. The lowest BCUT2D eigenvalue weighted by molar-refractivity contribution is 0.154. The number of rotatable bonds is 5. The highest BCUT2D eigenvalue weighted by atomic mass is 32.1. The van der Waals surface area contributed by atoms with Crippen molar-refractivity contribution >= 4 is 17.4 Å². The molecule has 106 valence electrons. The monoisotopic (exact) mass is 290 g/mol. The molecule has 0 aliphatic rings. The van der Waals surface area contributed by atoms with Gasteiger partial charge in [0.15, 0.2) is 0 Å². The summed E-state index contributed by atoms with van der Waals surface area (Å²) in [5.74, 6) is 0. The summed E-state index contributed by atoms with van der Waals surface area (Å²) >= 11 is 1.71. The highest BCUT2D eigenvalue weighted by Crippen LogP contribution is 2.31. The summed E-state index contributed by atoms with van der Waals surface area (Å²) in [7, 11) is 1.58. The summed E-state index contributed by atoms with van der Waals surface area (Å²) in [5.41, 5.74) is 7.68. The van der Waals surface area contributed by atoms with E-state index in [-0.39, 0.29) is 0 Å². The lowest BCUT2D eigenvalue weighted by Gasteiger charge is -2.15. The predicted molar refractivity (Wildman–Crippen MR) is 82.0 cm³/mol. The van der Waals surface area contributed by atoms with Crippen molar-refractivity contribution in [1.29, 1.82) is 0 Å². The Kier molecular flexibility index (Phi) is 4.76. The smallest absolute Gasteiger partial charge is 0.407 e. The Morgan fingerprint density at radius 2 is 2.05 bits per heavy atom. The summed E-state index contributed by atoms with van der Waals surface area (Å²) in [4.78, 5) is 14.6. The maximum absolute atomic E-state index is 11.0. The molecule has 0 saturated carbocycles. The third kappa shape index (κ3) is 3.37. The van der Waals surface area contributed by atoms with Crippen LogP contribution < -0.4 is 5.73 Å². The molecule has 0 saturated heterocycles. The van der Waals surface area contributed by atoms with Crippen LogP contribution in [0.15, 0.2) is 36.4 Å². The number of benzene rings is 1. The zero-order valence-electron chi connectivity index (χ0n) is 11.4. The minimum absolute atomic E-state index is 0.385. The largest absolute Gasteiger partial charge is 0.465 e. The van der Waals surface area contributed by atoms with Gasteiger partial charge in [0.25, 0.3) is 0 Å². The van der Waals surface area contributed by atoms with E-state index in [2.05, 4.69) is 12.1 Å². The van der Waals surface area contributed by atoms with Crippen molar-refractivity contribution in [1.82, 2.24) is 4.90 Å². The van der Waals surface area contributed by atoms with Gasteiger partial charge in [-0.3, -0.25) is 0 Å². The van der Waals surface area contributed by atoms with E-state index in [1.165, 1.54) is 9.78 Å². The van der Waals surface area contributed by atoms with Crippen LogP contribution in [0.4, 0.5) is 4.79 Å². The fourth-order valence-corrected chi connectivity index (χ4v) is 3.10. The van der Waals surface area contributed by atoms with Crippen LogP contribution in [0, 0.1) is 0 Å². The van der Waals surface area contributed by atoms with E-state index in [0.29, 0.717) is 13.1 Å². The van der Waals surface area contributed by atoms with Gasteiger partial charge in [-0.15, -0.1) is 11.3 Å². The SMILES string of the molecule is CN(Cc1ccccc1-c1ccc(CCN)s1)C(=O)O. The lowest BCUT2D eigenvalue weighted by atomic mass is 10.1. The van der Waals surface area contributed by atoms with Gasteiger partial charge in [-0.05, 0) is 36.2 Å². The van der Waals surface area contributed by atoms with Crippen LogP contribution in [0.3, 0.4) is 0 Å². The Bertz CT molecular complexity index is 595. The molecule has 0 unspecified atom stereocenters. The molecule has 0 bridgehead atoms. The van der Waals surface area contributed by atoms with Crippen molar-refractivity contribution in [3.63, 3.8) is 0 Å². The second kappa shape index (κ2) is 6.54. The quantitative estimate of drug-likeness (QED) is 0.889. The molecule has 0 aliphatic carbocycles. The molecule has 2 rings (SSSR count). The Hall–Kier alpha value is -1.85. The summed E-state index contributed by atoms with van der Waals surface area (Å²) in [6.07, 6.45) is -0.0446. The van der Waals surface area contributed by atoms with Gasteiger partial charge >= 0.3 is 6.09 Å². The van der Waals surface area contributed by atoms with Crippen molar-refractivity contribution in [3.05, 3.63) is 46.8 Å². The third-order valence-corrected chi connectivity index (χ3v) is 4.25. The molecule has 3 N–H and O–H groups in total. The summed E-state index contributed by atoms with van der Waals surface area (Å²) < 4.78 is 0. The van der Waals surface area contributed by atoms with E-state index in [0.717, 1.165) is 22.4 Å². The fourth-order valence-electron chi connectivity index (χ4n) is 2.02. The molecule has 1 heterocycles. The zero-order valence-corrected chi connectivity index (χ0v) is 12.2. The lowest BCUT2D eigenvalue weighted by Crippen LogP contribution is -2.24. The number of amides is 1. The molecule has 5 heteroatoms. The molecule has 1 aromatic heterocycles. The molecule has 2 aromatic rings. The maximum atomic E-state index is 11.0. The predicted octanol–water partition coefficient (Wildman–Crippen LogP) is 3.03. The minimum atomic E-state index is -0.921. The van der Waals surface area contributed by atoms with Crippen LogP contribution in [-0.2, 0) is 13.0 Å². The van der Waals surface area contributed by atoms with Gasteiger partial charge < -0.3 is 15.7 Å². The molecular formula is C15H18N2O2S. The molecule has 0 fully saturated rings. The first-order valence-electron chi connectivity index (χ1n) is 6.43. The number of nitrogens with two attached hydrogens (primary N) is 1. The number of hydrogen-bond acceptors (Lipinski definition) is 3. The topological polar surface area (TPSA) is 66.6 Å². The van der Waals surface area contributed by atoms with Crippen molar-refractivity contribution < 1.29 is 9.90 Å². The Morgan fingerprint density at radius 3 is 2.75 bits per heavy atom. The molecular weight excluding hydrogens is 272 g/mol. The summed E-state index contributed by atoms with van der Waals surface area (Å²) in [6.45, 7) is 1.03. The number of hydrogen-bond donors (Lipinski definition) is 2. The standard InChI is InChI=1S/C15H18N2O2S/c1-17(15(18)19)10-11-4-2-3-5-13(11)14-7-6-12(20-14)8-9-16/h2-7H,8-10,16H2,1H3,(H,18,19). The second-order valence-corrected chi connectivity index (χ2v) is 5.77. The first-order chi connectivity index (χ1) is 9.61. The highest BCUT2D eigenvalue weighted by molar-refractivity contribution is 7.15. The Labute approximate surface area is 122 Å². The average Bonchev–Trinajstić information content (AvgIpc) is 2.88. The molecule has 0 aliphatic heterocycles. The zero-order chi connectivity index (χ0) is 14.5. The first kappa shape index (κ1) is 14.6. The van der Waals surface area contributed by atoms with Crippen LogP contribution >= 0.6 is 11.3 Å². The van der Waals surface area contributed by atoms with E-state index in [1.807, 2.05) is 24.3 Å². The van der Waals surface area contributed by atoms with Crippen LogP contribution in [0.5, 0.6) is 0 Å². The number of carbonyl (C=O) groups is 1. The minimum Gasteiger partial charge on any atom is -0.465 e. The number of carboxylic acid groups (broad SMARTS) is 1. The van der Waals surface area contributed by atoms with E-state index < -0.39 is 6.09 Å². The number of nitrogens with zero attached hydrogens (tertiary/aromatic N) is 1. The first-order valence-corrected chi connectivity index (χ1v) is 7.24. The maximum Gasteiger partial charge on any atom is 0.407 e. The van der Waals surface area contributed by atoms with Crippen molar-refractivity contribution in [2.45, 2.75) is 13.0 Å². The van der Waals surface area contributed by atoms with Gasteiger partial charge in [0, 0.05) is 23.3 Å². The molecule has 0 spiro atoms. The van der Waals surface area contributed by atoms with Crippen LogP contribution in [-0.4, -0.2) is 29.7 Å². The van der Waals surface area contributed by atoms with Crippen molar-refractivity contribution in [2.75, 3.05) is 13.6 Å². The normalized spacial score (nSPS) is 10.5. The van der Waals surface area contributed by atoms with E-state index in [1.54, 1.807) is 18.4 Å². The Balaban J connectivity index is 2.28. The highest BCUT2D eigenvalue weighted by Gasteiger charge is 2.12. The van der Waals surface area contributed by atoms with Crippen LogP contribution in [0.2, 0.25) is 0 Å². The molecule has 20 heavy (non-hydrogen) atoms. The summed E-state index contributed by atoms with van der Waals surface area (Å²) in [5, 5.41) is 8.99. The van der Waals surface area contributed by atoms with Gasteiger partial charge in [0.2, 0.25) is 0 Å². The van der Waals surface area contributed by atoms with Crippen molar-refractivity contribution in [3.8, 4) is 10.4 Å². The molecule has 4 nitrogen and oxygen atoms in total. The second-order valence-electron chi connectivity index (χ2n) is 4.60. The van der Waals surface area contributed by atoms with Gasteiger partial charge in [0.1, 0.15) is 0 Å². The number of thiophene rings is 1. The molecule has 0 atom stereocenters. The average molecular weight is 290 g/mol. The van der Waals surface area contributed by atoms with Gasteiger partial charge in [-0.1, -0.05) is 24.3 Å². The van der Waals surface area contributed by atoms with Gasteiger partial charge in [-0.2, -0.15) is 0 Å². The van der Waals surface area contributed by atoms with Gasteiger partial charge in [-0.25, -0.2) is 4.79 Å². The Morgan fingerprint density at radius 1 is 1.30 bits per heavy atom. The molecule has 1 aromatic carbocycles. The summed E-state index contributed by atoms with van der Waals surface area (Å²) in [6, 6.07) is 12.1. The van der Waals surface area contributed by atoms with Crippen molar-refractivity contribution in [2.24, 2.45) is 5.73 Å². The van der Waals surface area contributed by atoms with Gasteiger partial charge in [0.05, 0.1) is 0 Å². The molecule has 0 radical (unpaired) electrons.